The number of benzene rings is 1. The number of nitriles is 1. The van der Waals surface area contributed by atoms with Crippen molar-refractivity contribution in [3.05, 3.63) is 35.5 Å². The number of nitrogens with zero attached hydrogens (tertiary/aromatic N) is 2. The van der Waals surface area contributed by atoms with Crippen LogP contribution in [-0.2, 0) is 4.79 Å². The van der Waals surface area contributed by atoms with E-state index in [0.717, 1.165) is 30.8 Å². The molecule has 0 heterocycles. The Balaban J connectivity index is 2.88. The van der Waals surface area contributed by atoms with Gasteiger partial charge in [0.05, 0.1) is 0 Å². The number of amides is 1. The summed E-state index contributed by atoms with van der Waals surface area (Å²) in [6.45, 7) is 12.1. The number of aryl methyl sites for hydroxylation is 1. The van der Waals surface area contributed by atoms with Gasteiger partial charge in [-0.1, -0.05) is 6.92 Å². The number of hydrogen-bond donors (Lipinski definition) is 2. The van der Waals surface area contributed by atoms with Gasteiger partial charge in [0.1, 0.15) is 11.6 Å². The van der Waals surface area contributed by atoms with Gasteiger partial charge in [-0.15, -0.1) is 0 Å². The summed E-state index contributed by atoms with van der Waals surface area (Å²) in [5, 5.41) is 15.1. The lowest BCUT2D eigenvalue weighted by Crippen LogP contribution is -2.33. The van der Waals surface area contributed by atoms with Crippen LogP contribution < -0.4 is 15.5 Å². The van der Waals surface area contributed by atoms with E-state index in [1.165, 1.54) is 11.9 Å². The zero-order valence-corrected chi connectivity index (χ0v) is 15.3. The Morgan fingerprint density at radius 3 is 2.50 bits per heavy atom. The fourth-order valence-electron chi connectivity index (χ4n) is 2.30. The average Bonchev–Trinajstić information content (AvgIpc) is 2.57. The van der Waals surface area contributed by atoms with E-state index in [4.69, 9.17) is 0 Å². The highest BCUT2D eigenvalue weighted by molar-refractivity contribution is 5.97. The Bertz CT molecular complexity index is 627. The van der Waals surface area contributed by atoms with Gasteiger partial charge in [-0.05, 0) is 57.9 Å². The maximum atomic E-state index is 12.0. The third kappa shape index (κ3) is 5.31. The van der Waals surface area contributed by atoms with Crippen LogP contribution in [0.15, 0.2) is 30.0 Å². The summed E-state index contributed by atoms with van der Waals surface area (Å²) in [4.78, 5) is 14.3. The molecule has 0 aliphatic carbocycles. The fraction of sp³-hybridized carbons (Fsp3) is 0.474. The first kappa shape index (κ1) is 19.6. The summed E-state index contributed by atoms with van der Waals surface area (Å²) < 4.78 is 0. The van der Waals surface area contributed by atoms with Gasteiger partial charge in [0, 0.05) is 36.7 Å². The summed E-state index contributed by atoms with van der Waals surface area (Å²) in [6.07, 6.45) is 2.29. The average molecular weight is 328 g/mol. The van der Waals surface area contributed by atoms with E-state index in [0.29, 0.717) is 0 Å². The number of rotatable bonds is 8. The van der Waals surface area contributed by atoms with Crippen molar-refractivity contribution >= 4 is 17.3 Å². The van der Waals surface area contributed by atoms with Crippen molar-refractivity contribution in [3.8, 4) is 6.07 Å². The van der Waals surface area contributed by atoms with E-state index in [2.05, 4.69) is 35.4 Å². The smallest absolute Gasteiger partial charge is 0.263 e. The molecule has 24 heavy (non-hydrogen) atoms. The molecule has 0 saturated heterocycles. The number of anilines is 2. The predicted molar refractivity (Wildman–Crippen MR) is 100.0 cm³/mol. The first-order valence-electron chi connectivity index (χ1n) is 8.49. The normalized spacial score (nSPS) is 12.2. The highest BCUT2D eigenvalue weighted by Crippen LogP contribution is 2.22. The molecule has 2 N–H and O–H groups in total. The number of hydrogen-bond acceptors (Lipinski definition) is 4. The first-order valence-corrected chi connectivity index (χ1v) is 8.49. The van der Waals surface area contributed by atoms with Gasteiger partial charge < -0.3 is 15.5 Å². The largest absolute Gasteiger partial charge is 0.372 e. The lowest BCUT2D eigenvalue weighted by molar-refractivity contribution is -0.117. The summed E-state index contributed by atoms with van der Waals surface area (Å²) in [5.41, 5.74) is 3.19. The highest BCUT2D eigenvalue weighted by atomic mass is 16.1. The van der Waals surface area contributed by atoms with E-state index >= 15 is 0 Å². The summed E-state index contributed by atoms with van der Waals surface area (Å²) in [6, 6.07) is 8.11. The summed E-state index contributed by atoms with van der Waals surface area (Å²) in [7, 11) is 0. The van der Waals surface area contributed by atoms with Crippen molar-refractivity contribution in [3.63, 3.8) is 0 Å². The molecule has 1 aromatic carbocycles. The van der Waals surface area contributed by atoms with E-state index < -0.39 is 0 Å². The van der Waals surface area contributed by atoms with Crippen LogP contribution in [0.4, 0.5) is 11.4 Å². The Hall–Kier alpha value is -2.48. The number of carbonyl (C=O) groups excluding carboxylic acids is 1. The third-order valence-corrected chi connectivity index (χ3v) is 4.07. The van der Waals surface area contributed by atoms with Gasteiger partial charge in [0.2, 0.25) is 0 Å². The maximum Gasteiger partial charge on any atom is 0.263 e. The Kier molecular flexibility index (Phi) is 7.84. The molecule has 0 aliphatic heterocycles. The topological polar surface area (TPSA) is 68.2 Å². The van der Waals surface area contributed by atoms with Crippen LogP contribution in [0.25, 0.3) is 0 Å². The summed E-state index contributed by atoms with van der Waals surface area (Å²) >= 11 is 0. The standard InChI is InChI=1S/C19H28N4O/c1-6-15(5)22-19(24)16(12-20)13-21-18-10-9-17(11-14(18)4)23(7-2)8-3/h9-11,13,15,21H,6-8H2,1-5H3,(H,22,24)/b16-13-. The SMILES string of the molecule is CCC(C)NC(=O)/C(C#N)=C\Nc1ccc(N(CC)CC)cc1C. The van der Waals surface area contributed by atoms with Crippen LogP contribution in [0.5, 0.6) is 0 Å². The van der Waals surface area contributed by atoms with Crippen molar-refractivity contribution in [2.45, 2.75) is 47.1 Å². The number of carbonyl (C=O) groups is 1. The van der Waals surface area contributed by atoms with Crippen LogP contribution in [0.1, 0.15) is 39.7 Å². The molecule has 1 rings (SSSR count). The minimum Gasteiger partial charge on any atom is -0.372 e. The molecule has 1 atom stereocenters. The molecule has 5 heteroatoms. The van der Waals surface area contributed by atoms with Crippen molar-refractivity contribution < 1.29 is 4.79 Å². The molecular formula is C19H28N4O. The molecule has 0 saturated carbocycles. The molecule has 0 radical (unpaired) electrons. The molecule has 130 valence electrons. The van der Waals surface area contributed by atoms with Crippen LogP contribution in [-0.4, -0.2) is 25.0 Å². The zero-order chi connectivity index (χ0) is 18.1. The Morgan fingerprint density at radius 1 is 1.33 bits per heavy atom. The second-order valence-electron chi connectivity index (χ2n) is 5.77. The van der Waals surface area contributed by atoms with Crippen LogP contribution in [0, 0.1) is 18.3 Å². The molecular weight excluding hydrogens is 300 g/mol. The summed E-state index contributed by atoms with van der Waals surface area (Å²) in [5.74, 6) is -0.350. The van der Waals surface area contributed by atoms with Gasteiger partial charge in [-0.2, -0.15) is 5.26 Å². The molecule has 5 nitrogen and oxygen atoms in total. The maximum absolute atomic E-state index is 12.0. The molecule has 1 aromatic rings. The first-order chi connectivity index (χ1) is 11.5. The minimum absolute atomic E-state index is 0.0457. The van der Waals surface area contributed by atoms with Gasteiger partial charge >= 0.3 is 0 Å². The molecule has 0 bridgehead atoms. The fourth-order valence-corrected chi connectivity index (χ4v) is 2.30. The quantitative estimate of drug-likeness (QED) is 0.565. The van der Waals surface area contributed by atoms with Crippen LogP contribution in [0.2, 0.25) is 0 Å². The molecule has 0 aromatic heterocycles. The monoisotopic (exact) mass is 328 g/mol. The van der Waals surface area contributed by atoms with Gasteiger partial charge in [-0.3, -0.25) is 4.79 Å². The van der Waals surface area contributed by atoms with Gasteiger partial charge in [0.15, 0.2) is 0 Å². The van der Waals surface area contributed by atoms with E-state index in [1.54, 1.807) is 0 Å². The number of nitrogens with one attached hydrogen (secondary N) is 2. The lowest BCUT2D eigenvalue weighted by Gasteiger charge is -2.22. The second-order valence-corrected chi connectivity index (χ2v) is 5.77. The molecule has 0 spiro atoms. The van der Waals surface area contributed by atoms with Crippen molar-refractivity contribution in [1.82, 2.24) is 5.32 Å². The van der Waals surface area contributed by atoms with Crippen molar-refractivity contribution in [1.29, 1.82) is 5.26 Å². The van der Waals surface area contributed by atoms with Crippen LogP contribution >= 0.6 is 0 Å². The second kappa shape index (κ2) is 9.61. The van der Waals surface area contributed by atoms with E-state index in [1.807, 2.05) is 39.0 Å². The molecule has 1 unspecified atom stereocenters. The molecule has 1 amide bonds. The van der Waals surface area contributed by atoms with Gasteiger partial charge in [-0.25, -0.2) is 0 Å². The molecule has 0 fully saturated rings. The van der Waals surface area contributed by atoms with Crippen LogP contribution in [0.3, 0.4) is 0 Å². The van der Waals surface area contributed by atoms with E-state index in [9.17, 15) is 10.1 Å². The van der Waals surface area contributed by atoms with Gasteiger partial charge in [0.25, 0.3) is 5.91 Å². The third-order valence-electron chi connectivity index (χ3n) is 4.07. The van der Waals surface area contributed by atoms with Crippen molar-refractivity contribution in [2.75, 3.05) is 23.3 Å². The Morgan fingerprint density at radius 2 is 2.00 bits per heavy atom. The zero-order valence-electron chi connectivity index (χ0n) is 15.3. The Labute approximate surface area is 145 Å². The van der Waals surface area contributed by atoms with Crippen molar-refractivity contribution in [2.24, 2.45) is 0 Å². The lowest BCUT2D eigenvalue weighted by atomic mass is 10.1. The minimum atomic E-state index is -0.350. The van der Waals surface area contributed by atoms with E-state index in [-0.39, 0.29) is 17.5 Å². The highest BCUT2D eigenvalue weighted by Gasteiger charge is 2.11. The predicted octanol–water partition coefficient (Wildman–Crippen LogP) is 3.58. The molecule has 0 aliphatic rings.